The molecule has 0 heterocycles. The smallest absolute Gasteiger partial charge is 0.312 e. The minimum Gasteiger partial charge on any atom is -0.466 e. The van der Waals surface area contributed by atoms with E-state index in [4.69, 9.17) is 16.3 Å². The predicted molar refractivity (Wildman–Crippen MR) is 78.7 cm³/mol. The molecule has 0 amide bonds. The van der Waals surface area contributed by atoms with Gasteiger partial charge < -0.3 is 4.74 Å². The summed E-state index contributed by atoms with van der Waals surface area (Å²) in [5.41, 5.74) is -0.147. The number of halogens is 1. The highest BCUT2D eigenvalue weighted by atomic mass is 35.5. The number of esters is 1. The van der Waals surface area contributed by atoms with Crippen molar-refractivity contribution in [2.45, 2.75) is 20.8 Å². The van der Waals surface area contributed by atoms with Gasteiger partial charge in [0.1, 0.15) is 0 Å². The highest BCUT2D eigenvalue weighted by Crippen LogP contribution is 2.26. The average Bonchev–Trinajstić information content (AvgIpc) is 2.36. The zero-order valence-electron chi connectivity index (χ0n) is 11.2. The average molecular weight is 301 g/mol. The van der Waals surface area contributed by atoms with Crippen molar-refractivity contribution in [1.82, 2.24) is 0 Å². The lowest BCUT2D eigenvalue weighted by Crippen LogP contribution is -2.29. The molecule has 0 saturated heterocycles. The van der Waals surface area contributed by atoms with Crippen molar-refractivity contribution in [1.29, 1.82) is 0 Å². The Balaban J connectivity index is 2.61. The third kappa shape index (κ3) is 4.88. The first kappa shape index (κ1) is 16.1. The van der Waals surface area contributed by atoms with E-state index in [1.54, 1.807) is 45.0 Å². The lowest BCUT2D eigenvalue weighted by atomic mass is 9.97. The molecule has 0 aliphatic heterocycles. The first-order valence-electron chi connectivity index (χ1n) is 5.96. The Labute approximate surface area is 122 Å². The molecule has 0 atom stereocenters. The van der Waals surface area contributed by atoms with Gasteiger partial charge in [-0.05, 0) is 32.9 Å². The van der Waals surface area contributed by atoms with Gasteiger partial charge in [0, 0.05) is 16.3 Å². The number of ether oxygens (including phenoxy) is 1. The van der Waals surface area contributed by atoms with Gasteiger partial charge in [-0.15, -0.1) is 0 Å². The van der Waals surface area contributed by atoms with E-state index in [1.807, 2.05) is 0 Å². The van der Waals surface area contributed by atoms with Gasteiger partial charge in [-0.1, -0.05) is 35.5 Å². The Kier molecular flexibility index (Phi) is 5.88. The summed E-state index contributed by atoms with van der Waals surface area (Å²) in [6, 6.07) is 6.77. The largest absolute Gasteiger partial charge is 0.466 e. The maximum atomic E-state index is 12.0. The second-order valence-electron chi connectivity index (χ2n) is 4.69. The lowest BCUT2D eigenvalue weighted by molar-refractivity contribution is -0.152. The topological polar surface area (TPSA) is 43.4 Å². The van der Waals surface area contributed by atoms with E-state index < -0.39 is 5.41 Å². The van der Waals surface area contributed by atoms with Crippen molar-refractivity contribution in [2.24, 2.45) is 5.41 Å². The van der Waals surface area contributed by atoms with E-state index in [1.165, 1.54) is 0 Å². The second-order valence-corrected chi connectivity index (χ2v) is 6.08. The number of hydrogen-bond acceptors (Lipinski definition) is 4. The van der Waals surface area contributed by atoms with Gasteiger partial charge in [0.05, 0.1) is 12.0 Å². The number of rotatable bonds is 5. The Hall–Kier alpha value is -1.00. The quantitative estimate of drug-likeness (QED) is 0.776. The van der Waals surface area contributed by atoms with Gasteiger partial charge in [0.15, 0.2) is 0 Å². The molecule has 0 aromatic heterocycles. The van der Waals surface area contributed by atoms with Crippen molar-refractivity contribution in [3.05, 3.63) is 34.9 Å². The van der Waals surface area contributed by atoms with E-state index in [0.29, 0.717) is 22.9 Å². The van der Waals surface area contributed by atoms with Gasteiger partial charge in [-0.3, -0.25) is 9.59 Å². The van der Waals surface area contributed by atoms with E-state index in [-0.39, 0.29) is 11.1 Å². The molecule has 1 rings (SSSR count). The molecule has 0 unspecified atom stereocenters. The molecule has 104 valence electrons. The fourth-order valence-corrected chi connectivity index (χ4v) is 2.42. The molecule has 0 fully saturated rings. The van der Waals surface area contributed by atoms with Crippen molar-refractivity contribution in [3.63, 3.8) is 0 Å². The summed E-state index contributed by atoms with van der Waals surface area (Å²) in [6.07, 6.45) is 0. The first-order chi connectivity index (χ1) is 8.86. The fourth-order valence-electron chi connectivity index (χ4n) is 1.33. The van der Waals surface area contributed by atoms with E-state index in [0.717, 1.165) is 11.8 Å². The number of carbonyl (C=O) groups excluding carboxylic acids is 2. The lowest BCUT2D eigenvalue weighted by Gasteiger charge is -2.21. The molecule has 0 spiro atoms. The van der Waals surface area contributed by atoms with Crippen LogP contribution in [0.5, 0.6) is 0 Å². The Morgan fingerprint density at radius 1 is 1.37 bits per heavy atom. The molecule has 0 aliphatic carbocycles. The Morgan fingerprint density at radius 2 is 2.05 bits per heavy atom. The molecular formula is C14H17ClO3S. The van der Waals surface area contributed by atoms with Crippen molar-refractivity contribution >= 4 is 34.4 Å². The summed E-state index contributed by atoms with van der Waals surface area (Å²) >= 11 is 6.94. The number of hydrogen-bond donors (Lipinski definition) is 0. The van der Waals surface area contributed by atoms with Crippen LogP contribution in [0.15, 0.2) is 24.3 Å². The van der Waals surface area contributed by atoms with Crippen LogP contribution in [0.3, 0.4) is 0 Å². The molecule has 1 aromatic rings. The summed E-state index contributed by atoms with van der Waals surface area (Å²) in [4.78, 5) is 23.7. The minimum absolute atomic E-state index is 0.0973. The number of thioether (sulfide) groups is 1. The fraction of sp³-hybridized carbons (Fsp3) is 0.429. The van der Waals surface area contributed by atoms with Gasteiger partial charge in [-0.2, -0.15) is 0 Å². The molecule has 0 bridgehead atoms. The highest BCUT2D eigenvalue weighted by molar-refractivity contribution is 8.14. The molecule has 0 radical (unpaired) electrons. The van der Waals surface area contributed by atoms with Crippen LogP contribution >= 0.6 is 23.4 Å². The minimum atomic E-state index is -0.686. The molecular weight excluding hydrogens is 284 g/mol. The summed E-state index contributed by atoms with van der Waals surface area (Å²) in [5, 5.41) is 0.427. The number of benzene rings is 1. The van der Waals surface area contributed by atoms with Crippen LogP contribution in [-0.4, -0.2) is 23.4 Å². The van der Waals surface area contributed by atoms with Crippen LogP contribution in [-0.2, 0) is 9.53 Å². The summed E-state index contributed by atoms with van der Waals surface area (Å²) < 4.78 is 4.98. The van der Waals surface area contributed by atoms with Crippen molar-refractivity contribution < 1.29 is 14.3 Å². The normalized spacial score (nSPS) is 11.2. The zero-order valence-corrected chi connectivity index (χ0v) is 12.8. The third-order valence-electron chi connectivity index (χ3n) is 2.45. The van der Waals surface area contributed by atoms with E-state index in [9.17, 15) is 9.59 Å². The van der Waals surface area contributed by atoms with Crippen LogP contribution in [0.1, 0.15) is 31.1 Å². The predicted octanol–water partition coefficient (Wildman–Crippen LogP) is 3.80. The van der Waals surface area contributed by atoms with Gasteiger partial charge in [0.25, 0.3) is 0 Å². The standard InChI is InChI=1S/C14H17ClO3S/c1-4-18-13(17)14(2,3)9-19-12(16)10-6-5-7-11(15)8-10/h5-8H,4,9H2,1-3H3. The summed E-state index contributed by atoms with van der Waals surface area (Å²) in [7, 11) is 0. The first-order valence-corrected chi connectivity index (χ1v) is 7.33. The van der Waals surface area contributed by atoms with Crippen LogP contribution in [0.4, 0.5) is 0 Å². The van der Waals surface area contributed by atoms with E-state index in [2.05, 4.69) is 0 Å². The van der Waals surface area contributed by atoms with E-state index >= 15 is 0 Å². The van der Waals surface area contributed by atoms with Gasteiger partial charge in [-0.25, -0.2) is 0 Å². The van der Waals surface area contributed by atoms with Crippen molar-refractivity contribution in [3.8, 4) is 0 Å². The molecule has 19 heavy (non-hydrogen) atoms. The summed E-state index contributed by atoms with van der Waals surface area (Å²) in [6.45, 7) is 5.64. The van der Waals surface area contributed by atoms with Crippen molar-refractivity contribution in [2.75, 3.05) is 12.4 Å². The molecule has 0 saturated carbocycles. The molecule has 0 N–H and O–H groups in total. The Bertz CT molecular complexity index is 472. The van der Waals surface area contributed by atoms with Crippen LogP contribution in [0.2, 0.25) is 5.02 Å². The maximum absolute atomic E-state index is 12.0. The highest BCUT2D eigenvalue weighted by Gasteiger charge is 2.30. The Morgan fingerprint density at radius 3 is 2.63 bits per heavy atom. The summed E-state index contributed by atoms with van der Waals surface area (Å²) in [5.74, 6) is 0.0818. The molecule has 0 aliphatic rings. The third-order valence-corrected chi connectivity index (χ3v) is 4.05. The molecule has 3 nitrogen and oxygen atoms in total. The monoisotopic (exact) mass is 300 g/mol. The van der Waals surface area contributed by atoms with Gasteiger partial charge in [0.2, 0.25) is 5.12 Å². The van der Waals surface area contributed by atoms with Crippen LogP contribution < -0.4 is 0 Å². The second kappa shape index (κ2) is 6.96. The van der Waals surface area contributed by atoms with Crippen LogP contribution in [0.25, 0.3) is 0 Å². The maximum Gasteiger partial charge on any atom is 0.312 e. The van der Waals surface area contributed by atoms with Gasteiger partial charge >= 0.3 is 5.97 Å². The zero-order chi connectivity index (χ0) is 14.5. The SMILES string of the molecule is CCOC(=O)C(C)(C)CSC(=O)c1cccc(Cl)c1. The molecule has 5 heteroatoms. The molecule has 1 aromatic carbocycles. The number of carbonyl (C=O) groups is 2. The van der Waals surface area contributed by atoms with Crippen LogP contribution in [0, 0.1) is 5.41 Å².